The van der Waals surface area contributed by atoms with Crippen molar-refractivity contribution in [1.29, 1.82) is 0 Å². The number of ether oxygens (including phenoxy) is 1. The molecule has 0 radical (unpaired) electrons. The number of hydrazone groups is 1. The maximum absolute atomic E-state index is 13.4. The van der Waals surface area contributed by atoms with Crippen LogP contribution in [0.3, 0.4) is 0 Å². The van der Waals surface area contributed by atoms with Gasteiger partial charge in [0.2, 0.25) is 11.7 Å². The van der Waals surface area contributed by atoms with Crippen LogP contribution in [0.4, 0.5) is 0 Å². The van der Waals surface area contributed by atoms with Crippen LogP contribution >= 0.6 is 11.6 Å². The summed E-state index contributed by atoms with van der Waals surface area (Å²) in [6.45, 7) is 1.96. The maximum atomic E-state index is 13.4. The Morgan fingerprint density at radius 1 is 1.03 bits per heavy atom. The number of hydrogen-bond acceptors (Lipinski definition) is 5. The Hall–Kier alpha value is -3.57. The first-order valence-electron chi connectivity index (χ1n) is 10.5. The van der Waals surface area contributed by atoms with Crippen molar-refractivity contribution in [1.82, 2.24) is 5.01 Å². The molecule has 0 saturated heterocycles. The fourth-order valence-corrected chi connectivity index (χ4v) is 4.61. The second kappa shape index (κ2) is 7.24. The lowest BCUT2D eigenvalue weighted by molar-refractivity contribution is -0.0205. The fourth-order valence-electron chi connectivity index (χ4n) is 4.49. The number of nitrogens with zero attached hydrogens (tertiary/aromatic N) is 2. The van der Waals surface area contributed by atoms with E-state index >= 15 is 0 Å². The smallest absolute Gasteiger partial charge is 0.220 e. The van der Waals surface area contributed by atoms with Gasteiger partial charge in [0.25, 0.3) is 0 Å². The molecule has 0 saturated carbocycles. The van der Waals surface area contributed by atoms with Crippen LogP contribution in [-0.4, -0.2) is 10.7 Å². The molecule has 0 spiro atoms. The Labute approximate surface area is 189 Å². The van der Waals surface area contributed by atoms with Gasteiger partial charge in [-0.2, -0.15) is 5.10 Å². The van der Waals surface area contributed by atoms with E-state index in [-0.39, 0.29) is 11.5 Å². The molecule has 6 rings (SSSR count). The zero-order valence-corrected chi connectivity index (χ0v) is 18.0. The van der Waals surface area contributed by atoms with Gasteiger partial charge in [-0.05, 0) is 42.8 Å². The first-order chi connectivity index (χ1) is 15.6. The van der Waals surface area contributed by atoms with Crippen molar-refractivity contribution in [3.8, 4) is 5.75 Å². The van der Waals surface area contributed by atoms with E-state index in [1.807, 2.05) is 72.6 Å². The SMILES string of the molecule is Cc1ccc2occ([C@@H]3Oc4ccccc4[C@@H]4CC(c5ccc(Cl)cc5)=NN43)c(=O)c2c1. The normalized spacial score (nSPS) is 19.3. The Bertz CT molecular complexity index is 1440. The van der Waals surface area contributed by atoms with Crippen molar-refractivity contribution in [2.75, 3.05) is 0 Å². The van der Waals surface area contributed by atoms with Gasteiger partial charge in [-0.15, -0.1) is 0 Å². The van der Waals surface area contributed by atoms with Crippen LogP contribution in [0.5, 0.6) is 5.75 Å². The molecule has 0 N–H and O–H groups in total. The third-order valence-electron chi connectivity index (χ3n) is 6.10. The van der Waals surface area contributed by atoms with E-state index in [0.717, 1.165) is 28.2 Å². The van der Waals surface area contributed by atoms with E-state index in [1.54, 1.807) is 0 Å². The molecule has 158 valence electrons. The van der Waals surface area contributed by atoms with Crippen LogP contribution in [-0.2, 0) is 0 Å². The van der Waals surface area contributed by atoms with Crippen molar-refractivity contribution < 1.29 is 9.15 Å². The molecule has 0 unspecified atom stereocenters. The van der Waals surface area contributed by atoms with Gasteiger partial charge in [0, 0.05) is 17.0 Å². The molecule has 5 nitrogen and oxygen atoms in total. The number of para-hydroxylation sites is 1. The average Bonchev–Trinajstić information content (AvgIpc) is 3.26. The fraction of sp³-hybridized carbons (Fsp3) is 0.154. The molecule has 1 aromatic heterocycles. The minimum Gasteiger partial charge on any atom is -0.464 e. The maximum Gasteiger partial charge on any atom is 0.220 e. The Morgan fingerprint density at radius 3 is 2.69 bits per heavy atom. The second-order valence-corrected chi connectivity index (χ2v) is 8.62. The number of fused-ring (bicyclic) bond motifs is 4. The Kier molecular flexibility index (Phi) is 4.33. The van der Waals surface area contributed by atoms with Gasteiger partial charge in [0.1, 0.15) is 17.6 Å². The van der Waals surface area contributed by atoms with E-state index in [1.165, 1.54) is 6.26 Å². The molecule has 2 aliphatic heterocycles. The highest BCUT2D eigenvalue weighted by Crippen LogP contribution is 2.47. The Morgan fingerprint density at radius 2 is 1.84 bits per heavy atom. The standard InChI is InChI=1S/C26H19ClN2O3/c1-15-6-11-23-19(12-15)25(30)20(14-31-23)26-29-22(18-4-2-3-5-24(18)32-26)13-21(28-29)16-7-9-17(27)10-8-16/h2-12,14,22,26H,13H2,1H3/t22-,26-/m0/s1. The first-order valence-corrected chi connectivity index (χ1v) is 10.9. The summed E-state index contributed by atoms with van der Waals surface area (Å²) in [4.78, 5) is 13.4. The molecule has 6 heteroatoms. The summed E-state index contributed by atoms with van der Waals surface area (Å²) in [5, 5.41) is 8.02. The predicted octanol–water partition coefficient (Wildman–Crippen LogP) is 6.00. The van der Waals surface area contributed by atoms with Crippen LogP contribution < -0.4 is 10.2 Å². The highest BCUT2D eigenvalue weighted by Gasteiger charge is 2.42. The van der Waals surface area contributed by atoms with Crippen molar-refractivity contribution >= 4 is 28.3 Å². The summed E-state index contributed by atoms with van der Waals surface area (Å²) < 4.78 is 12.2. The van der Waals surface area contributed by atoms with Gasteiger partial charge < -0.3 is 9.15 Å². The third kappa shape index (κ3) is 3.00. The lowest BCUT2D eigenvalue weighted by Gasteiger charge is -2.37. The van der Waals surface area contributed by atoms with Crippen LogP contribution in [0.1, 0.15) is 40.9 Å². The Balaban J connectivity index is 1.50. The highest BCUT2D eigenvalue weighted by molar-refractivity contribution is 6.30. The first kappa shape index (κ1) is 19.1. The molecule has 0 amide bonds. The molecule has 2 atom stereocenters. The summed E-state index contributed by atoms with van der Waals surface area (Å²) in [7, 11) is 0. The monoisotopic (exact) mass is 442 g/mol. The van der Waals surface area contributed by atoms with Crippen LogP contribution in [0, 0.1) is 6.92 Å². The summed E-state index contributed by atoms with van der Waals surface area (Å²) >= 11 is 6.07. The third-order valence-corrected chi connectivity index (χ3v) is 6.35. The van der Waals surface area contributed by atoms with Crippen LogP contribution in [0.15, 0.2) is 87.3 Å². The summed E-state index contributed by atoms with van der Waals surface area (Å²) in [5.41, 5.74) is 4.87. The molecular weight excluding hydrogens is 424 g/mol. The summed E-state index contributed by atoms with van der Waals surface area (Å²) in [6.07, 6.45) is 1.53. The van der Waals surface area contributed by atoms with Gasteiger partial charge in [-0.3, -0.25) is 4.79 Å². The summed E-state index contributed by atoms with van der Waals surface area (Å²) in [5.74, 6) is 0.759. The zero-order chi connectivity index (χ0) is 21.8. The van der Waals surface area contributed by atoms with E-state index in [2.05, 4.69) is 6.07 Å². The summed E-state index contributed by atoms with van der Waals surface area (Å²) in [6, 6.07) is 21.1. The average molecular weight is 443 g/mol. The molecule has 0 fully saturated rings. The lowest BCUT2D eigenvalue weighted by Crippen LogP contribution is -2.36. The number of benzene rings is 3. The second-order valence-electron chi connectivity index (χ2n) is 8.18. The molecular formula is C26H19ClN2O3. The molecule has 3 heterocycles. The molecule has 32 heavy (non-hydrogen) atoms. The van der Waals surface area contributed by atoms with Crippen molar-refractivity contribution in [3.63, 3.8) is 0 Å². The minimum absolute atomic E-state index is 0.0387. The van der Waals surface area contributed by atoms with Crippen LogP contribution in [0.25, 0.3) is 11.0 Å². The quantitative estimate of drug-likeness (QED) is 0.382. The van der Waals surface area contributed by atoms with Crippen molar-refractivity contribution in [2.45, 2.75) is 25.6 Å². The van der Waals surface area contributed by atoms with Gasteiger partial charge >= 0.3 is 0 Å². The van der Waals surface area contributed by atoms with E-state index in [0.29, 0.717) is 28.0 Å². The van der Waals surface area contributed by atoms with Crippen molar-refractivity contribution in [3.05, 3.63) is 110 Å². The molecule has 2 aliphatic rings. The minimum atomic E-state index is -0.680. The molecule has 0 aliphatic carbocycles. The number of hydrogen-bond donors (Lipinski definition) is 0. The van der Waals surface area contributed by atoms with Crippen LogP contribution in [0.2, 0.25) is 5.02 Å². The molecule has 0 bridgehead atoms. The number of rotatable bonds is 2. The topological polar surface area (TPSA) is 55.0 Å². The van der Waals surface area contributed by atoms with Gasteiger partial charge in [0.05, 0.1) is 22.7 Å². The molecule has 4 aromatic rings. The van der Waals surface area contributed by atoms with Gasteiger partial charge in [-0.1, -0.05) is 53.6 Å². The van der Waals surface area contributed by atoms with Crippen molar-refractivity contribution in [2.24, 2.45) is 5.10 Å². The van der Waals surface area contributed by atoms with Gasteiger partial charge in [0.15, 0.2) is 0 Å². The number of halogens is 1. The van der Waals surface area contributed by atoms with E-state index < -0.39 is 6.23 Å². The molecule has 3 aromatic carbocycles. The highest BCUT2D eigenvalue weighted by atomic mass is 35.5. The van der Waals surface area contributed by atoms with E-state index in [4.69, 9.17) is 25.9 Å². The predicted molar refractivity (Wildman–Crippen MR) is 124 cm³/mol. The lowest BCUT2D eigenvalue weighted by atomic mass is 9.96. The largest absolute Gasteiger partial charge is 0.464 e. The number of aryl methyl sites for hydroxylation is 1. The zero-order valence-electron chi connectivity index (χ0n) is 17.3. The van der Waals surface area contributed by atoms with Gasteiger partial charge in [-0.25, -0.2) is 5.01 Å². The van der Waals surface area contributed by atoms with E-state index in [9.17, 15) is 4.79 Å².